The number of nitrogens with zero attached hydrogens (tertiary/aromatic N) is 3. The molecule has 0 N–H and O–H groups in total. The van der Waals surface area contributed by atoms with Crippen LogP contribution >= 0.6 is 0 Å². The molecule has 3 aromatic rings. The third-order valence-electron chi connectivity index (χ3n) is 4.31. The van der Waals surface area contributed by atoms with Gasteiger partial charge in [0.05, 0.1) is 0 Å². The van der Waals surface area contributed by atoms with Crippen LogP contribution in [-0.2, 0) is 15.1 Å². The lowest BCUT2D eigenvalue weighted by molar-refractivity contribution is -0.0347. The van der Waals surface area contributed by atoms with Crippen LogP contribution < -0.4 is 0 Å². The van der Waals surface area contributed by atoms with Crippen LogP contribution in [0.25, 0.3) is 0 Å². The van der Waals surface area contributed by atoms with E-state index in [0.717, 1.165) is 11.1 Å². The molecule has 0 radical (unpaired) electrons. The van der Waals surface area contributed by atoms with Gasteiger partial charge in [-0.25, -0.2) is 14.1 Å². The van der Waals surface area contributed by atoms with Gasteiger partial charge in [0.15, 0.2) is 11.8 Å². The van der Waals surface area contributed by atoms with Gasteiger partial charge in [-0.3, -0.25) is 0 Å². The van der Waals surface area contributed by atoms with E-state index in [1.165, 1.54) is 18.5 Å². The van der Waals surface area contributed by atoms with E-state index >= 15 is 0 Å². The third kappa shape index (κ3) is 2.31. The number of hydrogen-bond donors (Lipinski definition) is 0. The molecule has 24 heavy (non-hydrogen) atoms. The molecule has 4 rings (SSSR count). The molecule has 0 aliphatic carbocycles. The molecular weight excluding hydrogens is 309 g/mol. The van der Waals surface area contributed by atoms with Gasteiger partial charge in [0, 0.05) is 7.11 Å². The summed E-state index contributed by atoms with van der Waals surface area (Å²) in [7, 11) is 1.60. The summed E-state index contributed by atoms with van der Waals surface area (Å²) in [6.07, 6.45) is 2.31. The van der Waals surface area contributed by atoms with E-state index < -0.39 is 11.8 Å². The van der Waals surface area contributed by atoms with Gasteiger partial charge >= 0.3 is 0 Å². The predicted molar refractivity (Wildman–Crippen MR) is 84.4 cm³/mol. The van der Waals surface area contributed by atoms with Gasteiger partial charge in [0.1, 0.15) is 24.6 Å². The summed E-state index contributed by atoms with van der Waals surface area (Å²) in [4.78, 5) is 3.99. The Hall–Kier alpha value is -2.57. The summed E-state index contributed by atoms with van der Waals surface area (Å²) in [5.74, 6) is -0.291. The summed E-state index contributed by atoms with van der Waals surface area (Å²) in [6, 6.07) is 16.2. The Morgan fingerprint density at radius 2 is 1.92 bits per heavy atom. The summed E-state index contributed by atoms with van der Waals surface area (Å²) in [5, 5.41) is 4.19. The zero-order valence-electron chi connectivity index (χ0n) is 13.0. The van der Waals surface area contributed by atoms with E-state index in [2.05, 4.69) is 10.1 Å². The highest BCUT2D eigenvalue weighted by molar-refractivity contribution is 5.37. The predicted octanol–water partition coefficient (Wildman–Crippen LogP) is 3.23. The lowest BCUT2D eigenvalue weighted by atomic mass is 9.90. The standard InChI is InChI=1S/C18H16FN3O2/c1-23-17(22-12-20-11-21-22)18(14-7-9-15(19)10-8-14)16(24-18)13-5-3-2-4-6-13/h2-12,16-17H,1H3/t16-,17?,18+/m0/s1. The molecule has 1 aromatic heterocycles. The second-order valence-electron chi connectivity index (χ2n) is 5.67. The molecule has 0 spiro atoms. The molecule has 0 saturated carbocycles. The second kappa shape index (κ2) is 5.81. The minimum Gasteiger partial charge on any atom is -0.356 e. The molecule has 122 valence electrons. The van der Waals surface area contributed by atoms with Crippen molar-refractivity contribution in [2.45, 2.75) is 17.9 Å². The molecule has 6 heteroatoms. The minimum absolute atomic E-state index is 0.210. The first-order chi connectivity index (χ1) is 11.8. The molecule has 1 aliphatic heterocycles. The van der Waals surface area contributed by atoms with Crippen molar-refractivity contribution in [3.05, 3.63) is 84.2 Å². The first-order valence-electron chi connectivity index (χ1n) is 7.61. The van der Waals surface area contributed by atoms with Gasteiger partial charge in [-0.2, -0.15) is 5.10 Å². The lowest BCUT2D eigenvalue weighted by Crippen LogP contribution is -2.28. The molecule has 0 bridgehead atoms. The number of rotatable bonds is 5. The van der Waals surface area contributed by atoms with Crippen LogP contribution in [0.5, 0.6) is 0 Å². The minimum atomic E-state index is -0.780. The Bertz CT molecular complexity index is 808. The van der Waals surface area contributed by atoms with Crippen LogP contribution in [-0.4, -0.2) is 21.9 Å². The SMILES string of the molecule is COC(n1cncn1)[C@]1(c2ccc(F)cc2)O[C@H]1c1ccccc1. The fraction of sp³-hybridized carbons (Fsp3) is 0.222. The van der Waals surface area contributed by atoms with E-state index in [4.69, 9.17) is 9.47 Å². The van der Waals surface area contributed by atoms with Crippen molar-refractivity contribution in [2.75, 3.05) is 7.11 Å². The Kier molecular flexibility index (Phi) is 3.63. The van der Waals surface area contributed by atoms with Crippen LogP contribution in [0.15, 0.2) is 67.3 Å². The molecule has 5 nitrogen and oxygen atoms in total. The smallest absolute Gasteiger partial charge is 0.187 e. The van der Waals surface area contributed by atoms with Gasteiger partial charge in [-0.15, -0.1) is 0 Å². The summed E-state index contributed by atoms with van der Waals surface area (Å²) >= 11 is 0. The van der Waals surface area contributed by atoms with E-state index in [0.29, 0.717) is 0 Å². The first-order valence-corrected chi connectivity index (χ1v) is 7.61. The molecule has 1 saturated heterocycles. The maximum atomic E-state index is 13.4. The number of hydrogen-bond acceptors (Lipinski definition) is 4. The highest BCUT2D eigenvalue weighted by Gasteiger charge is 2.65. The van der Waals surface area contributed by atoms with Gasteiger partial charge < -0.3 is 9.47 Å². The van der Waals surface area contributed by atoms with Crippen molar-refractivity contribution in [3.8, 4) is 0 Å². The lowest BCUT2D eigenvalue weighted by Gasteiger charge is -2.24. The normalized spacial score (nSPS) is 23.8. The molecular formula is C18H16FN3O2. The van der Waals surface area contributed by atoms with Crippen molar-refractivity contribution in [1.82, 2.24) is 14.8 Å². The molecule has 2 aromatic carbocycles. The van der Waals surface area contributed by atoms with E-state index in [-0.39, 0.29) is 11.9 Å². The zero-order valence-corrected chi connectivity index (χ0v) is 13.0. The van der Waals surface area contributed by atoms with E-state index in [1.807, 2.05) is 30.3 Å². The van der Waals surface area contributed by atoms with Crippen LogP contribution in [0.1, 0.15) is 23.5 Å². The van der Waals surface area contributed by atoms with Crippen LogP contribution in [0, 0.1) is 5.82 Å². The third-order valence-corrected chi connectivity index (χ3v) is 4.31. The highest BCUT2D eigenvalue weighted by Crippen LogP contribution is 2.62. The monoisotopic (exact) mass is 325 g/mol. The largest absolute Gasteiger partial charge is 0.356 e. The van der Waals surface area contributed by atoms with E-state index in [9.17, 15) is 4.39 Å². The van der Waals surface area contributed by atoms with Crippen molar-refractivity contribution < 1.29 is 13.9 Å². The Labute approximate surface area is 138 Å². The number of aromatic nitrogens is 3. The molecule has 2 heterocycles. The van der Waals surface area contributed by atoms with Crippen LogP contribution in [0.2, 0.25) is 0 Å². The number of methoxy groups -OCH3 is 1. The molecule has 1 aliphatic rings. The molecule has 0 amide bonds. The second-order valence-corrected chi connectivity index (χ2v) is 5.67. The highest BCUT2D eigenvalue weighted by atomic mass is 19.1. The van der Waals surface area contributed by atoms with Gasteiger partial charge in [0.25, 0.3) is 0 Å². The average Bonchev–Trinajstić information content (AvgIpc) is 3.12. The van der Waals surface area contributed by atoms with Gasteiger partial charge in [-0.1, -0.05) is 42.5 Å². The van der Waals surface area contributed by atoms with Crippen molar-refractivity contribution in [1.29, 1.82) is 0 Å². The van der Waals surface area contributed by atoms with Gasteiger partial charge in [0.2, 0.25) is 0 Å². The van der Waals surface area contributed by atoms with Crippen molar-refractivity contribution in [3.63, 3.8) is 0 Å². The van der Waals surface area contributed by atoms with Crippen LogP contribution in [0.4, 0.5) is 4.39 Å². The Balaban J connectivity index is 1.81. The van der Waals surface area contributed by atoms with Crippen LogP contribution in [0.3, 0.4) is 0 Å². The quantitative estimate of drug-likeness (QED) is 0.676. The number of ether oxygens (including phenoxy) is 2. The average molecular weight is 325 g/mol. The number of benzene rings is 2. The topological polar surface area (TPSA) is 52.5 Å². The molecule has 1 unspecified atom stereocenters. The van der Waals surface area contributed by atoms with Gasteiger partial charge in [-0.05, 0) is 23.3 Å². The van der Waals surface area contributed by atoms with Crippen molar-refractivity contribution >= 4 is 0 Å². The fourth-order valence-electron chi connectivity index (χ4n) is 3.18. The Morgan fingerprint density at radius 1 is 1.17 bits per heavy atom. The maximum absolute atomic E-state index is 13.4. The molecule has 1 fully saturated rings. The molecule has 3 atom stereocenters. The first kappa shape index (κ1) is 15.0. The number of halogens is 1. The zero-order chi connectivity index (χ0) is 16.6. The van der Waals surface area contributed by atoms with Crippen molar-refractivity contribution in [2.24, 2.45) is 0 Å². The van der Waals surface area contributed by atoms with E-state index in [1.54, 1.807) is 30.3 Å². The number of epoxide rings is 1. The summed E-state index contributed by atoms with van der Waals surface area (Å²) in [6.45, 7) is 0. The summed E-state index contributed by atoms with van der Waals surface area (Å²) < 4.78 is 26.8. The maximum Gasteiger partial charge on any atom is 0.187 e. The fourth-order valence-corrected chi connectivity index (χ4v) is 3.18. The summed E-state index contributed by atoms with van der Waals surface area (Å²) in [5.41, 5.74) is 1.08. The Morgan fingerprint density at radius 3 is 2.54 bits per heavy atom.